The van der Waals surface area contributed by atoms with Gasteiger partial charge < -0.3 is 10.2 Å². The second-order valence-electron chi connectivity index (χ2n) is 5.39. The molecule has 1 saturated carbocycles. The molecule has 17 heavy (non-hydrogen) atoms. The normalized spacial score (nSPS) is 27.8. The number of terminal acetylenes is 1. The second-order valence-corrected chi connectivity index (χ2v) is 5.39. The average molecular weight is 234 g/mol. The van der Waals surface area contributed by atoms with Crippen LogP contribution in [0.25, 0.3) is 0 Å². The summed E-state index contributed by atoms with van der Waals surface area (Å²) in [6.45, 7) is 5.21. The van der Waals surface area contributed by atoms with Crippen molar-refractivity contribution in [1.82, 2.24) is 10.2 Å². The lowest BCUT2D eigenvalue weighted by Gasteiger charge is -2.32. The fourth-order valence-corrected chi connectivity index (χ4v) is 2.66. The van der Waals surface area contributed by atoms with Crippen LogP contribution in [-0.4, -0.2) is 37.0 Å². The fourth-order valence-electron chi connectivity index (χ4n) is 2.66. The summed E-state index contributed by atoms with van der Waals surface area (Å²) in [5.41, 5.74) is -0.189. The van der Waals surface area contributed by atoms with E-state index < -0.39 is 0 Å². The van der Waals surface area contributed by atoms with Crippen molar-refractivity contribution in [2.45, 2.75) is 32.6 Å². The molecule has 1 N–H and O–H groups in total. The molecule has 1 amide bonds. The molecule has 2 fully saturated rings. The van der Waals surface area contributed by atoms with Gasteiger partial charge >= 0.3 is 0 Å². The molecule has 0 aromatic carbocycles. The molecule has 0 radical (unpaired) electrons. The molecule has 0 bridgehead atoms. The van der Waals surface area contributed by atoms with Gasteiger partial charge in [0.25, 0.3) is 0 Å². The van der Waals surface area contributed by atoms with Gasteiger partial charge in [-0.1, -0.05) is 12.8 Å². The minimum atomic E-state index is -0.189. The summed E-state index contributed by atoms with van der Waals surface area (Å²) in [5.74, 6) is 3.61. The van der Waals surface area contributed by atoms with Gasteiger partial charge in [-0.15, -0.1) is 6.42 Å². The minimum Gasteiger partial charge on any atom is -0.331 e. The highest BCUT2D eigenvalue weighted by Crippen LogP contribution is 2.35. The topological polar surface area (TPSA) is 32.3 Å². The molecule has 1 aliphatic carbocycles. The Morgan fingerprint density at radius 1 is 1.59 bits per heavy atom. The molecular weight excluding hydrogens is 212 g/mol. The number of hydrogen-bond donors (Lipinski definition) is 1. The minimum absolute atomic E-state index is 0.189. The molecule has 1 heterocycles. The average Bonchev–Trinajstić information content (AvgIpc) is 3.02. The SMILES string of the molecule is C#CCN(CC1CC1)C(=O)C1(CC)CCNC1. The summed E-state index contributed by atoms with van der Waals surface area (Å²) in [6, 6.07) is 0. The van der Waals surface area contributed by atoms with E-state index in [1.54, 1.807) is 0 Å². The highest BCUT2D eigenvalue weighted by atomic mass is 16.2. The fraction of sp³-hybridized carbons (Fsp3) is 0.786. The lowest BCUT2D eigenvalue weighted by molar-refractivity contribution is -0.141. The van der Waals surface area contributed by atoms with Crippen molar-refractivity contribution in [1.29, 1.82) is 0 Å². The van der Waals surface area contributed by atoms with Crippen LogP contribution in [-0.2, 0) is 4.79 Å². The van der Waals surface area contributed by atoms with Crippen LogP contribution >= 0.6 is 0 Å². The van der Waals surface area contributed by atoms with Gasteiger partial charge in [0.15, 0.2) is 0 Å². The van der Waals surface area contributed by atoms with Crippen LogP contribution in [0.15, 0.2) is 0 Å². The maximum absolute atomic E-state index is 12.6. The first-order chi connectivity index (χ1) is 8.22. The molecule has 1 saturated heterocycles. The van der Waals surface area contributed by atoms with Crippen molar-refractivity contribution in [3.8, 4) is 12.3 Å². The third-order valence-corrected chi connectivity index (χ3v) is 4.12. The third kappa shape index (κ3) is 2.63. The molecule has 2 aliphatic rings. The molecule has 1 unspecified atom stereocenters. The summed E-state index contributed by atoms with van der Waals surface area (Å²) >= 11 is 0. The predicted molar refractivity (Wildman–Crippen MR) is 68.3 cm³/mol. The number of amides is 1. The summed E-state index contributed by atoms with van der Waals surface area (Å²) in [5, 5.41) is 3.31. The summed E-state index contributed by atoms with van der Waals surface area (Å²) in [6.07, 6.45) is 9.76. The van der Waals surface area contributed by atoms with Crippen LogP contribution in [0.4, 0.5) is 0 Å². The van der Waals surface area contributed by atoms with Crippen LogP contribution in [0.2, 0.25) is 0 Å². The standard InChI is InChI=1S/C14H22N2O/c1-3-9-16(10-12-5-6-12)13(17)14(4-2)7-8-15-11-14/h1,12,15H,4-11H2,2H3. The Bertz CT molecular complexity index is 322. The van der Waals surface area contributed by atoms with Crippen LogP contribution in [0.1, 0.15) is 32.6 Å². The van der Waals surface area contributed by atoms with Gasteiger partial charge in [0.2, 0.25) is 5.91 Å². The molecule has 3 heteroatoms. The number of carbonyl (C=O) groups is 1. The van der Waals surface area contributed by atoms with Crippen molar-refractivity contribution in [3.05, 3.63) is 0 Å². The molecule has 3 nitrogen and oxygen atoms in total. The van der Waals surface area contributed by atoms with Crippen molar-refractivity contribution >= 4 is 5.91 Å². The van der Waals surface area contributed by atoms with E-state index in [1.807, 2.05) is 4.90 Å². The van der Waals surface area contributed by atoms with E-state index in [0.717, 1.165) is 32.5 Å². The smallest absolute Gasteiger partial charge is 0.230 e. The van der Waals surface area contributed by atoms with Gasteiger partial charge in [0.1, 0.15) is 0 Å². The molecule has 2 rings (SSSR count). The molecule has 1 atom stereocenters. The van der Waals surface area contributed by atoms with Crippen LogP contribution in [0.3, 0.4) is 0 Å². The zero-order valence-electron chi connectivity index (χ0n) is 10.7. The first-order valence-corrected chi connectivity index (χ1v) is 6.65. The number of nitrogens with zero attached hydrogens (tertiary/aromatic N) is 1. The highest BCUT2D eigenvalue weighted by molar-refractivity contribution is 5.83. The first-order valence-electron chi connectivity index (χ1n) is 6.65. The number of rotatable bonds is 5. The third-order valence-electron chi connectivity index (χ3n) is 4.12. The number of carbonyl (C=O) groups excluding carboxylic acids is 1. The van der Waals surface area contributed by atoms with Crippen molar-refractivity contribution < 1.29 is 4.79 Å². The first kappa shape index (κ1) is 12.4. The van der Waals surface area contributed by atoms with Gasteiger partial charge in [-0.2, -0.15) is 0 Å². The Labute approximate surface area is 104 Å². The van der Waals surface area contributed by atoms with Crippen molar-refractivity contribution in [3.63, 3.8) is 0 Å². The Morgan fingerprint density at radius 2 is 2.35 bits per heavy atom. The zero-order chi connectivity index (χ0) is 12.3. The lowest BCUT2D eigenvalue weighted by atomic mass is 9.82. The van der Waals surface area contributed by atoms with Gasteiger partial charge in [0, 0.05) is 13.1 Å². The predicted octanol–water partition coefficient (Wildman–Crippen LogP) is 1.25. The van der Waals surface area contributed by atoms with Gasteiger partial charge in [0.05, 0.1) is 12.0 Å². The van der Waals surface area contributed by atoms with E-state index in [2.05, 4.69) is 18.2 Å². The molecule has 94 valence electrons. The maximum atomic E-state index is 12.6. The Hall–Kier alpha value is -1.01. The summed E-state index contributed by atoms with van der Waals surface area (Å²) in [7, 11) is 0. The Balaban J connectivity index is 2.05. The Morgan fingerprint density at radius 3 is 2.82 bits per heavy atom. The Kier molecular flexibility index (Phi) is 3.73. The van der Waals surface area contributed by atoms with Crippen LogP contribution in [0, 0.1) is 23.7 Å². The van der Waals surface area contributed by atoms with Crippen LogP contribution in [0.5, 0.6) is 0 Å². The molecule has 0 aromatic heterocycles. The van der Waals surface area contributed by atoms with Crippen molar-refractivity contribution in [2.24, 2.45) is 11.3 Å². The monoisotopic (exact) mass is 234 g/mol. The second kappa shape index (κ2) is 5.10. The summed E-state index contributed by atoms with van der Waals surface area (Å²) in [4.78, 5) is 14.6. The van der Waals surface area contributed by atoms with E-state index in [1.165, 1.54) is 12.8 Å². The van der Waals surface area contributed by atoms with Gasteiger partial charge in [-0.3, -0.25) is 4.79 Å². The summed E-state index contributed by atoms with van der Waals surface area (Å²) < 4.78 is 0. The van der Waals surface area contributed by atoms with Gasteiger partial charge in [-0.25, -0.2) is 0 Å². The molecular formula is C14H22N2O. The van der Waals surface area contributed by atoms with Gasteiger partial charge in [-0.05, 0) is 38.1 Å². The number of hydrogen-bond acceptors (Lipinski definition) is 2. The van der Waals surface area contributed by atoms with E-state index in [4.69, 9.17) is 6.42 Å². The van der Waals surface area contributed by atoms with Crippen LogP contribution < -0.4 is 5.32 Å². The van der Waals surface area contributed by atoms with E-state index in [9.17, 15) is 4.79 Å². The molecule has 0 spiro atoms. The number of nitrogens with one attached hydrogen (secondary N) is 1. The van der Waals surface area contributed by atoms with Crippen molar-refractivity contribution in [2.75, 3.05) is 26.2 Å². The van der Waals surface area contributed by atoms with E-state index in [0.29, 0.717) is 12.5 Å². The largest absolute Gasteiger partial charge is 0.331 e. The van der Waals surface area contributed by atoms with E-state index in [-0.39, 0.29) is 11.3 Å². The quantitative estimate of drug-likeness (QED) is 0.726. The molecule has 0 aromatic rings. The zero-order valence-corrected chi connectivity index (χ0v) is 10.7. The maximum Gasteiger partial charge on any atom is 0.230 e. The highest BCUT2D eigenvalue weighted by Gasteiger charge is 2.42. The molecule has 1 aliphatic heterocycles. The lowest BCUT2D eigenvalue weighted by Crippen LogP contribution is -2.46. The van der Waals surface area contributed by atoms with E-state index >= 15 is 0 Å².